The van der Waals surface area contributed by atoms with Crippen LogP contribution in [0.4, 0.5) is 5.69 Å². The lowest BCUT2D eigenvalue weighted by atomic mass is 10.2. The quantitative estimate of drug-likeness (QED) is 0.229. The van der Waals surface area contributed by atoms with Crippen molar-refractivity contribution in [2.24, 2.45) is 0 Å². The molecule has 0 saturated heterocycles. The number of nitrogens with zero attached hydrogens (tertiary/aromatic N) is 2. The first kappa shape index (κ1) is 22.0. The molecule has 0 aliphatic rings. The van der Waals surface area contributed by atoms with Crippen LogP contribution < -0.4 is 22.3 Å². The van der Waals surface area contributed by atoms with E-state index in [2.05, 4.69) is 32.9 Å². The molecule has 0 aliphatic carbocycles. The fourth-order valence-electron chi connectivity index (χ4n) is 4.29. The molecule has 3 aromatic carbocycles. The lowest BCUT2D eigenvalue weighted by Crippen LogP contribution is -2.35. The number of aromatic nitrogens is 3. The number of nitrogens with two attached hydrogens (primary N) is 1. The van der Waals surface area contributed by atoms with Crippen LogP contribution in [-0.4, -0.2) is 27.1 Å². The van der Waals surface area contributed by atoms with Crippen LogP contribution in [0.5, 0.6) is 0 Å². The van der Waals surface area contributed by atoms with Crippen molar-refractivity contribution < 1.29 is 4.79 Å². The minimum atomic E-state index is -0.615. The standard InChI is InChI=1S/C25H20IN5O3/c1-28-23(32)22-21(31-24(33)17-7-2-3-8-19(17)29-25(31)34)18-12-15(26)9-10-20(18)30(22)13-14-5-4-6-16(27)11-14/h2-12H,13,27H2,1H3,(H,28,32)(H,29,34). The van der Waals surface area contributed by atoms with Crippen molar-refractivity contribution in [2.75, 3.05) is 12.8 Å². The Hall–Kier alpha value is -3.86. The molecule has 0 fully saturated rings. The molecule has 5 rings (SSSR count). The van der Waals surface area contributed by atoms with Gasteiger partial charge in [-0.2, -0.15) is 0 Å². The van der Waals surface area contributed by atoms with Gasteiger partial charge in [0.2, 0.25) is 0 Å². The highest BCUT2D eigenvalue weighted by Crippen LogP contribution is 2.31. The van der Waals surface area contributed by atoms with Gasteiger partial charge in [0.1, 0.15) is 5.69 Å². The van der Waals surface area contributed by atoms with Crippen molar-refractivity contribution in [2.45, 2.75) is 6.54 Å². The second-order valence-corrected chi connectivity index (χ2v) is 9.13. The number of halogens is 1. The summed E-state index contributed by atoms with van der Waals surface area (Å²) in [7, 11) is 1.52. The predicted octanol–water partition coefficient (Wildman–Crippen LogP) is 3.23. The number of anilines is 1. The van der Waals surface area contributed by atoms with Crippen LogP contribution in [0.1, 0.15) is 16.1 Å². The zero-order valence-corrected chi connectivity index (χ0v) is 20.3. The molecular weight excluding hydrogens is 545 g/mol. The van der Waals surface area contributed by atoms with Crippen molar-refractivity contribution in [1.82, 2.24) is 19.4 Å². The Morgan fingerprint density at radius 1 is 1.03 bits per heavy atom. The number of nitrogen functional groups attached to an aromatic ring is 1. The summed E-state index contributed by atoms with van der Waals surface area (Å²) >= 11 is 2.17. The summed E-state index contributed by atoms with van der Waals surface area (Å²) in [6.45, 7) is 0.325. The van der Waals surface area contributed by atoms with Crippen molar-refractivity contribution in [3.63, 3.8) is 0 Å². The average Bonchev–Trinajstić information content (AvgIpc) is 3.11. The number of fused-ring (bicyclic) bond motifs is 2. The van der Waals surface area contributed by atoms with Crippen LogP contribution in [-0.2, 0) is 6.54 Å². The SMILES string of the molecule is CNC(=O)c1c(-n2c(=O)[nH]c3ccccc3c2=O)c2cc(I)ccc2n1Cc1cccc(N)c1. The first-order valence-electron chi connectivity index (χ1n) is 10.5. The Bertz CT molecular complexity index is 1710. The Kier molecular flexibility index (Phi) is 5.48. The van der Waals surface area contributed by atoms with Crippen LogP contribution in [0.2, 0.25) is 0 Å². The maximum Gasteiger partial charge on any atom is 0.333 e. The van der Waals surface area contributed by atoms with Gasteiger partial charge in [-0.1, -0.05) is 24.3 Å². The maximum absolute atomic E-state index is 13.5. The van der Waals surface area contributed by atoms with Gasteiger partial charge in [0.05, 0.1) is 22.1 Å². The summed E-state index contributed by atoms with van der Waals surface area (Å²) in [5.41, 5.74) is 7.97. The number of rotatable bonds is 4. The normalized spacial score (nSPS) is 11.2. The van der Waals surface area contributed by atoms with Gasteiger partial charge in [-0.15, -0.1) is 0 Å². The predicted molar refractivity (Wildman–Crippen MR) is 142 cm³/mol. The van der Waals surface area contributed by atoms with E-state index in [0.29, 0.717) is 28.5 Å². The number of carbonyl (C=O) groups is 1. The number of hydrogen-bond acceptors (Lipinski definition) is 4. The fourth-order valence-corrected chi connectivity index (χ4v) is 4.78. The van der Waals surface area contributed by atoms with E-state index in [9.17, 15) is 14.4 Å². The van der Waals surface area contributed by atoms with Gasteiger partial charge in [0.15, 0.2) is 0 Å². The maximum atomic E-state index is 13.5. The molecule has 5 aromatic rings. The van der Waals surface area contributed by atoms with Crippen LogP contribution in [0.3, 0.4) is 0 Å². The number of aromatic amines is 1. The molecule has 0 radical (unpaired) electrons. The Balaban J connectivity index is 1.92. The van der Waals surface area contributed by atoms with E-state index in [1.165, 1.54) is 7.05 Å². The molecule has 0 saturated carbocycles. The minimum Gasteiger partial charge on any atom is -0.399 e. The number of benzene rings is 3. The lowest BCUT2D eigenvalue weighted by Gasteiger charge is -2.13. The van der Waals surface area contributed by atoms with Crippen LogP contribution in [0.25, 0.3) is 27.5 Å². The molecular formula is C25H20IN5O3. The molecule has 0 bridgehead atoms. The van der Waals surface area contributed by atoms with Gasteiger partial charge >= 0.3 is 5.69 Å². The van der Waals surface area contributed by atoms with Crippen molar-refractivity contribution in [1.29, 1.82) is 0 Å². The lowest BCUT2D eigenvalue weighted by molar-refractivity contribution is 0.0954. The smallest absolute Gasteiger partial charge is 0.333 e. The number of H-pyrrole nitrogens is 1. The molecule has 4 N–H and O–H groups in total. The zero-order valence-electron chi connectivity index (χ0n) is 18.1. The number of para-hydroxylation sites is 1. The molecule has 0 aliphatic heterocycles. The second kappa shape index (κ2) is 8.49. The number of carbonyl (C=O) groups excluding carboxylic acids is 1. The zero-order chi connectivity index (χ0) is 24.0. The molecule has 9 heteroatoms. The summed E-state index contributed by atoms with van der Waals surface area (Å²) in [6.07, 6.45) is 0. The number of nitrogens with one attached hydrogen (secondary N) is 2. The summed E-state index contributed by atoms with van der Waals surface area (Å²) in [5, 5.41) is 3.64. The Morgan fingerprint density at radius 3 is 2.59 bits per heavy atom. The summed E-state index contributed by atoms with van der Waals surface area (Å²) < 4.78 is 3.78. The third-order valence-corrected chi connectivity index (χ3v) is 6.43. The monoisotopic (exact) mass is 565 g/mol. The van der Waals surface area contributed by atoms with Crippen LogP contribution >= 0.6 is 22.6 Å². The van der Waals surface area contributed by atoms with E-state index in [1.807, 2.05) is 41.0 Å². The van der Waals surface area contributed by atoms with Gasteiger partial charge in [-0.05, 0) is 70.6 Å². The molecule has 0 spiro atoms. The Labute approximate surface area is 207 Å². The highest BCUT2D eigenvalue weighted by Gasteiger charge is 2.26. The van der Waals surface area contributed by atoms with Crippen molar-refractivity contribution in [3.8, 4) is 5.69 Å². The number of hydrogen-bond donors (Lipinski definition) is 3. The van der Waals surface area contributed by atoms with Crippen molar-refractivity contribution in [3.05, 3.63) is 102 Å². The molecule has 34 heavy (non-hydrogen) atoms. The molecule has 8 nitrogen and oxygen atoms in total. The first-order chi connectivity index (χ1) is 16.4. The average molecular weight is 565 g/mol. The highest BCUT2D eigenvalue weighted by molar-refractivity contribution is 14.1. The van der Waals surface area contributed by atoms with Gasteiger partial charge in [-0.3, -0.25) is 9.59 Å². The van der Waals surface area contributed by atoms with E-state index in [1.54, 1.807) is 30.3 Å². The van der Waals surface area contributed by atoms with Crippen LogP contribution in [0, 0.1) is 3.57 Å². The van der Waals surface area contributed by atoms with E-state index < -0.39 is 17.2 Å². The number of amides is 1. The molecule has 2 aromatic heterocycles. The topological polar surface area (TPSA) is 115 Å². The van der Waals surface area contributed by atoms with E-state index in [0.717, 1.165) is 19.2 Å². The first-order valence-corrected chi connectivity index (χ1v) is 11.6. The molecule has 2 heterocycles. The third kappa shape index (κ3) is 3.58. The highest BCUT2D eigenvalue weighted by atomic mass is 127. The fraction of sp³-hybridized carbons (Fsp3) is 0.0800. The van der Waals surface area contributed by atoms with Gasteiger partial charge < -0.3 is 20.6 Å². The van der Waals surface area contributed by atoms with E-state index in [-0.39, 0.29) is 11.4 Å². The van der Waals surface area contributed by atoms with E-state index >= 15 is 0 Å². The van der Waals surface area contributed by atoms with Gasteiger partial charge in [0, 0.05) is 28.2 Å². The minimum absolute atomic E-state index is 0.213. The van der Waals surface area contributed by atoms with Crippen LogP contribution in [0.15, 0.2) is 76.3 Å². The van der Waals surface area contributed by atoms with E-state index in [4.69, 9.17) is 5.73 Å². The second-order valence-electron chi connectivity index (χ2n) is 7.89. The largest absolute Gasteiger partial charge is 0.399 e. The molecule has 0 unspecified atom stereocenters. The molecule has 0 atom stereocenters. The summed E-state index contributed by atoms with van der Waals surface area (Å²) in [5.74, 6) is -0.412. The summed E-state index contributed by atoms with van der Waals surface area (Å²) in [4.78, 5) is 42.8. The Morgan fingerprint density at radius 2 is 1.82 bits per heavy atom. The van der Waals surface area contributed by atoms with Gasteiger partial charge in [0.25, 0.3) is 11.5 Å². The molecule has 1 amide bonds. The van der Waals surface area contributed by atoms with Crippen molar-refractivity contribution >= 4 is 56.0 Å². The molecule has 170 valence electrons. The van der Waals surface area contributed by atoms with Gasteiger partial charge in [-0.25, -0.2) is 9.36 Å². The third-order valence-electron chi connectivity index (χ3n) is 5.76. The summed E-state index contributed by atoms with van der Waals surface area (Å²) in [6, 6.07) is 19.9.